The first-order chi connectivity index (χ1) is 21.2. The minimum atomic E-state index is -0.760. The zero-order valence-corrected chi connectivity index (χ0v) is 28.6. The van der Waals surface area contributed by atoms with E-state index in [0.717, 1.165) is 36.8 Å². The van der Waals surface area contributed by atoms with Crippen molar-refractivity contribution in [3.05, 3.63) is 129 Å². The summed E-state index contributed by atoms with van der Waals surface area (Å²) in [6.45, 7) is 7.06. The molecule has 2 aliphatic rings. The predicted octanol–water partition coefficient (Wildman–Crippen LogP) is 4.57. The molecule has 3 unspecified atom stereocenters. The van der Waals surface area contributed by atoms with E-state index >= 15 is 0 Å². The van der Waals surface area contributed by atoms with Gasteiger partial charge in [0.1, 0.15) is 17.7 Å². The van der Waals surface area contributed by atoms with Crippen LogP contribution in [0.25, 0.3) is 5.57 Å². The molecule has 0 radical (unpaired) electrons. The molecule has 5 rings (SSSR count). The van der Waals surface area contributed by atoms with Crippen molar-refractivity contribution in [1.82, 2.24) is 10.6 Å². The van der Waals surface area contributed by atoms with Gasteiger partial charge in [0.05, 0.1) is 23.4 Å². The fraction of sp³-hybridized carbons (Fsp3) is 0.333. The molecule has 234 valence electrons. The Kier molecular flexibility index (Phi) is 10.7. The van der Waals surface area contributed by atoms with Gasteiger partial charge in [0.25, 0.3) is 0 Å². The molecule has 0 spiro atoms. The maximum absolute atomic E-state index is 14.3. The van der Waals surface area contributed by atoms with Crippen molar-refractivity contribution in [1.29, 1.82) is 0 Å². The second-order valence-electron chi connectivity index (χ2n) is 11.2. The summed E-state index contributed by atoms with van der Waals surface area (Å²) in [4.78, 5) is 0. The van der Waals surface area contributed by atoms with Crippen LogP contribution < -0.4 is 36.6 Å². The topological polar surface area (TPSA) is 62.8 Å². The second-order valence-corrected chi connectivity index (χ2v) is 15.7. The molecule has 3 aromatic carbocycles. The van der Waals surface area contributed by atoms with Crippen LogP contribution >= 0.6 is 11.6 Å². The second kappa shape index (κ2) is 14.5. The molecule has 0 amide bonds. The number of rotatable bonds is 12. The van der Waals surface area contributed by atoms with Gasteiger partial charge in [0.2, 0.25) is 0 Å². The van der Waals surface area contributed by atoms with Crippen molar-refractivity contribution >= 4 is 17.2 Å². The average molecular weight is 730 g/mol. The maximum atomic E-state index is 14.3. The van der Waals surface area contributed by atoms with Crippen LogP contribution in [0.4, 0.5) is 4.39 Å². The first-order valence-electron chi connectivity index (χ1n) is 14.9. The number of halogens is 3. The molecule has 0 aromatic heterocycles. The van der Waals surface area contributed by atoms with E-state index in [2.05, 4.69) is 60.9 Å². The van der Waals surface area contributed by atoms with E-state index in [1.807, 2.05) is 44.3 Å². The summed E-state index contributed by atoms with van der Waals surface area (Å²) in [5, 5.41) is 17.7. The van der Waals surface area contributed by atoms with Crippen molar-refractivity contribution in [3.8, 4) is 5.75 Å². The monoisotopic (exact) mass is 729 g/mol. The zero-order valence-electron chi connectivity index (χ0n) is 25.7. The Hall–Kier alpha value is -2.85. The molecule has 1 aliphatic heterocycles. The molecule has 5 nitrogen and oxygen atoms in total. The Balaban J connectivity index is 1.31. The number of alkyl halides is 2. The molecule has 1 aliphatic carbocycles. The molecule has 5 atom stereocenters. The summed E-state index contributed by atoms with van der Waals surface area (Å²) in [6.07, 6.45) is 5.41. The summed E-state index contributed by atoms with van der Waals surface area (Å²) >= 11 is 6.56. The van der Waals surface area contributed by atoms with Crippen LogP contribution in [-0.4, -0.2) is 33.7 Å². The van der Waals surface area contributed by atoms with E-state index in [1.165, 1.54) is 24.3 Å². The third kappa shape index (κ3) is 7.50. The van der Waals surface area contributed by atoms with E-state index in [0.29, 0.717) is 29.4 Å². The summed E-state index contributed by atoms with van der Waals surface area (Å²) < 4.78 is 27.8. The summed E-state index contributed by atoms with van der Waals surface area (Å²) in [6, 6.07) is 19.6. The number of hydrogen-bond acceptors (Lipinski definition) is 5. The van der Waals surface area contributed by atoms with Crippen molar-refractivity contribution in [3.63, 3.8) is 0 Å². The van der Waals surface area contributed by atoms with Crippen LogP contribution in [0, 0.1) is 12.7 Å². The van der Waals surface area contributed by atoms with Gasteiger partial charge in [0, 0.05) is 13.5 Å². The van der Waals surface area contributed by atoms with Crippen LogP contribution in [0.5, 0.6) is 5.75 Å². The molecule has 3 aromatic rings. The Bertz CT molecular complexity index is 1570. The van der Waals surface area contributed by atoms with E-state index in [-0.39, 0.29) is 26.2 Å². The molecular formula is C36H40ClFIN2O3-. The number of aliphatic hydroxyl groups is 1. The standard InChI is InChI=1S/C36H40ClFIN2O3/c1-21-8-6-10-27(18-21)28(35-22(2)39-35)20-41-36(42)25-14-12-24(13-15-25)26-9-7-11-30(40-4)32(19-26)44-23(3)33-31(43-5)17-16-29(38)34(33)37/h6-10,12-19,22-23,28,35-36,40-42H,11,20H2,1-5H3/q-1/t22-,23?,28?,35-,36?/m1/s1. The van der Waals surface area contributed by atoms with Crippen molar-refractivity contribution in [2.45, 2.75) is 53.3 Å². The van der Waals surface area contributed by atoms with E-state index in [9.17, 15) is 9.50 Å². The van der Waals surface area contributed by atoms with Crippen molar-refractivity contribution < 1.29 is 40.2 Å². The van der Waals surface area contributed by atoms with Gasteiger partial charge >= 0.3 is 172 Å². The first-order valence-corrected chi connectivity index (χ1v) is 17.7. The number of allylic oxidation sites excluding steroid dienone is 4. The average Bonchev–Trinajstić information content (AvgIpc) is 3.78. The van der Waals surface area contributed by atoms with Gasteiger partial charge < -0.3 is 14.8 Å². The smallest absolute Gasteiger partial charge is 0.00922 e. The van der Waals surface area contributed by atoms with Gasteiger partial charge in [-0.2, -0.15) is 0 Å². The Labute approximate surface area is 275 Å². The van der Waals surface area contributed by atoms with Gasteiger partial charge in [-0.3, -0.25) is 0 Å². The van der Waals surface area contributed by atoms with Crippen molar-refractivity contribution in [2.75, 3.05) is 20.7 Å². The normalized spacial score (nSPS) is 20.1. The number of aryl methyl sites for hydroxylation is 1. The Morgan fingerprint density at radius 2 is 1.86 bits per heavy atom. The summed E-state index contributed by atoms with van der Waals surface area (Å²) in [7, 11) is 3.38. The number of hydrogen-bond donors (Lipinski definition) is 3. The number of methoxy groups -OCH3 is 1. The summed E-state index contributed by atoms with van der Waals surface area (Å²) in [5.41, 5.74) is 6.74. The first kappa shape index (κ1) is 32.5. The van der Waals surface area contributed by atoms with Gasteiger partial charge in [-0.05, 0) is 19.1 Å². The van der Waals surface area contributed by atoms with E-state index in [4.69, 9.17) is 21.1 Å². The van der Waals surface area contributed by atoms with E-state index < -0.39 is 18.1 Å². The molecule has 1 fully saturated rings. The van der Waals surface area contributed by atoms with Crippen molar-refractivity contribution in [2.24, 2.45) is 0 Å². The molecule has 1 heterocycles. The fourth-order valence-electron chi connectivity index (χ4n) is 5.67. The molecule has 1 saturated heterocycles. The van der Waals surface area contributed by atoms with Crippen LogP contribution in [0.2, 0.25) is 5.02 Å². The molecule has 3 N–H and O–H groups in total. The number of ether oxygens (including phenoxy) is 2. The van der Waals surface area contributed by atoms with Crippen LogP contribution in [-0.2, 0) is 4.74 Å². The molecule has 0 bridgehead atoms. The molecule has 44 heavy (non-hydrogen) atoms. The molecule has 8 heteroatoms. The quantitative estimate of drug-likeness (QED) is 0.145. The Morgan fingerprint density at radius 1 is 1.11 bits per heavy atom. The molecular weight excluding hydrogens is 690 g/mol. The predicted molar refractivity (Wildman–Crippen MR) is 172 cm³/mol. The van der Waals surface area contributed by atoms with Gasteiger partial charge in [-0.15, -0.1) is 0 Å². The third-order valence-electron chi connectivity index (χ3n) is 8.19. The minimum absolute atomic E-state index is 0.0133. The van der Waals surface area contributed by atoms with E-state index in [1.54, 1.807) is 6.07 Å². The van der Waals surface area contributed by atoms with Gasteiger partial charge in [0.15, 0.2) is 0 Å². The SMILES string of the molecule is CNC1=C(OC(C)c2c(OC)ccc(F)c2Cl)C=C(c2ccc(C(O)NCC(c3cccc(C)c3)[C@@H]3[I-][C@@H]3C)cc2)C=CC1. The van der Waals surface area contributed by atoms with Gasteiger partial charge in [-0.1, -0.05) is 11.6 Å². The number of benzene rings is 3. The fourth-order valence-corrected chi connectivity index (χ4v) is 8.72. The number of aliphatic hydroxyl groups excluding tert-OH is 1. The summed E-state index contributed by atoms with van der Waals surface area (Å²) in [5.74, 6) is 0.995. The third-order valence-corrected chi connectivity index (χ3v) is 12.4. The van der Waals surface area contributed by atoms with Crippen LogP contribution in [0.15, 0.2) is 90.3 Å². The van der Waals surface area contributed by atoms with Crippen LogP contribution in [0.1, 0.15) is 66.3 Å². The minimum Gasteiger partial charge on any atom is 0.00922 e. The Morgan fingerprint density at radius 3 is 2.52 bits per heavy atom. The van der Waals surface area contributed by atoms with Crippen LogP contribution in [0.3, 0.4) is 0 Å². The number of nitrogens with one attached hydrogen (secondary N) is 2. The molecule has 0 saturated carbocycles. The zero-order chi connectivity index (χ0) is 31.4. The van der Waals surface area contributed by atoms with Gasteiger partial charge in [-0.25, -0.2) is 4.39 Å².